The number of para-hydroxylation sites is 1. The Hall–Kier alpha value is -2.79. The number of fused-ring (bicyclic) bond motifs is 3. The lowest BCUT2D eigenvalue weighted by atomic mass is 9.96. The highest BCUT2D eigenvalue weighted by Gasteiger charge is 2.40. The van der Waals surface area contributed by atoms with Gasteiger partial charge in [0, 0.05) is 17.5 Å². The highest BCUT2D eigenvalue weighted by Crippen LogP contribution is 2.47. The number of ether oxygens (including phenoxy) is 2. The van der Waals surface area contributed by atoms with Crippen LogP contribution in [0.4, 0.5) is 0 Å². The molecule has 0 saturated carbocycles. The molecule has 3 heterocycles. The molecule has 0 radical (unpaired) electrons. The monoisotopic (exact) mass is 376 g/mol. The molecule has 2 aliphatic heterocycles. The first-order chi connectivity index (χ1) is 13.3. The Morgan fingerprint density at radius 2 is 2.00 bits per heavy atom. The van der Waals surface area contributed by atoms with Crippen LogP contribution in [0.2, 0.25) is 0 Å². The predicted molar refractivity (Wildman–Crippen MR) is 107 cm³/mol. The van der Waals surface area contributed by atoms with E-state index in [0.717, 1.165) is 34.8 Å². The van der Waals surface area contributed by atoms with Gasteiger partial charge >= 0.3 is 0 Å². The van der Waals surface area contributed by atoms with Crippen molar-refractivity contribution in [2.24, 2.45) is 5.10 Å². The Morgan fingerprint density at radius 3 is 2.78 bits per heavy atom. The maximum absolute atomic E-state index is 6.33. The Labute approximate surface area is 162 Å². The van der Waals surface area contributed by atoms with Crippen molar-refractivity contribution in [3.63, 3.8) is 0 Å². The molecule has 5 rings (SSSR count). The molecule has 136 valence electrons. The smallest absolute Gasteiger partial charge is 0.214 e. The van der Waals surface area contributed by atoms with Crippen molar-refractivity contribution >= 4 is 17.0 Å². The Kier molecular flexibility index (Phi) is 4.09. The zero-order chi connectivity index (χ0) is 18.2. The molecule has 0 amide bonds. The van der Waals surface area contributed by atoms with Gasteiger partial charge in [-0.25, -0.2) is 5.01 Å². The van der Waals surface area contributed by atoms with Crippen LogP contribution in [0, 0.1) is 0 Å². The van der Waals surface area contributed by atoms with Gasteiger partial charge in [-0.15, -0.1) is 0 Å². The minimum Gasteiger partial charge on any atom is -0.494 e. The van der Waals surface area contributed by atoms with Crippen molar-refractivity contribution in [1.82, 2.24) is 5.01 Å². The molecular formula is C22H20N2O2S. The molecular weight excluding hydrogens is 356 g/mol. The number of nitrogens with zero attached hydrogens (tertiary/aromatic N) is 2. The fourth-order valence-electron chi connectivity index (χ4n) is 3.75. The second-order valence-corrected chi connectivity index (χ2v) is 7.45. The third-order valence-electron chi connectivity index (χ3n) is 5.03. The summed E-state index contributed by atoms with van der Waals surface area (Å²) in [4.78, 5) is 0. The maximum Gasteiger partial charge on any atom is 0.214 e. The van der Waals surface area contributed by atoms with Gasteiger partial charge in [-0.05, 0) is 59.6 Å². The van der Waals surface area contributed by atoms with Crippen LogP contribution < -0.4 is 9.47 Å². The molecule has 0 unspecified atom stereocenters. The Morgan fingerprint density at radius 1 is 1.15 bits per heavy atom. The van der Waals surface area contributed by atoms with Gasteiger partial charge in [-0.2, -0.15) is 16.4 Å². The minimum atomic E-state index is -0.184. The van der Waals surface area contributed by atoms with Crippen LogP contribution in [0.1, 0.15) is 42.3 Å². The second-order valence-electron chi connectivity index (χ2n) is 6.67. The van der Waals surface area contributed by atoms with Crippen molar-refractivity contribution in [3.05, 3.63) is 82.0 Å². The van der Waals surface area contributed by atoms with Crippen LogP contribution in [0.25, 0.3) is 0 Å². The third-order valence-corrected chi connectivity index (χ3v) is 5.73. The van der Waals surface area contributed by atoms with E-state index in [1.165, 1.54) is 5.56 Å². The molecule has 1 aromatic heterocycles. The van der Waals surface area contributed by atoms with E-state index >= 15 is 0 Å². The van der Waals surface area contributed by atoms with Crippen LogP contribution >= 0.6 is 11.3 Å². The number of rotatable bonds is 4. The summed E-state index contributed by atoms with van der Waals surface area (Å²) in [5, 5.41) is 11.3. The molecule has 5 heteroatoms. The van der Waals surface area contributed by atoms with Crippen LogP contribution in [0.15, 0.2) is 70.5 Å². The minimum absolute atomic E-state index is 0.184. The van der Waals surface area contributed by atoms with Gasteiger partial charge in [0.05, 0.1) is 18.4 Å². The first kappa shape index (κ1) is 16.4. The van der Waals surface area contributed by atoms with Gasteiger partial charge < -0.3 is 9.47 Å². The van der Waals surface area contributed by atoms with Gasteiger partial charge in [-0.3, -0.25) is 0 Å². The van der Waals surface area contributed by atoms with Crippen molar-refractivity contribution < 1.29 is 9.47 Å². The molecule has 0 saturated heterocycles. The lowest BCUT2D eigenvalue weighted by Gasteiger charge is -2.37. The Bertz CT molecular complexity index is 966. The summed E-state index contributed by atoms with van der Waals surface area (Å²) in [7, 11) is 0. The van der Waals surface area contributed by atoms with E-state index in [1.54, 1.807) is 11.3 Å². The van der Waals surface area contributed by atoms with E-state index in [0.29, 0.717) is 6.61 Å². The first-order valence-corrected chi connectivity index (χ1v) is 10.1. The SMILES string of the molecule is CCOc1ccc(C2=NN3[C@@H](c4ccsc4)Oc4ccccc4[C@@H]3C2)cc1. The molecule has 0 fully saturated rings. The molecule has 0 spiro atoms. The van der Waals surface area contributed by atoms with Crippen LogP contribution in [-0.2, 0) is 0 Å². The van der Waals surface area contributed by atoms with Gasteiger partial charge in [0.15, 0.2) is 0 Å². The summed E-state index contributed by atoms with van der Waals surface area (Å²) in [6.45, 7) is 2.67. The van der Waals surface area contributed by atoms with Gasteiger partial charge in [0.2, 0.25) is 6.23 Å². The summed E-state index contributed by atoms with van der Waals surface area (Å²) in [6, 6.07) is 18.8. The summed E-state index contributed by atoms with van der Waals surface area (Å²) in [5.41, 5.74) is 4.57. The molecule has 2 atom stereocenters. The fourth-order valence-corrected chi connectivity index (χ4v) is 4.42. The standard InChI is InChI=1S/C22H20N2O2S/c1-2-25-17-9-7-15(8-10-17)19-13-20-18-5-3-4-6-21(18)26-22(24(20)23-19)16-11-12-27-14-16/h3-12,14,20,22H,2,13H2,1H3/t20-,22+/m0/s1. The lowest BCUT2D eigenvalue weighted by molar-refractivity contribution is -0.0187. The first-order valence-electron chi connectivity index (χ1n) is 9.20. The highest BCUT2D eigenvalue weighted by atomic mass is 32.1. The molecule has 0 bridgehead atoms. The van der Waals surface area contributed by atoms with Gasteiger partial charge in [0.1, 0.15) is 11.5 Å². The molecule has 2 aliphatic rings. The van der Waals surface area contributed by atoms with E-state index in [2.05, 4.69) is 52.2 Å². The zero-order valence-corrected chi connectivity index (χ0v) is 15.9. The van der Waals surface area contributed by atoms with Crippen LogP contribution in [0.5, 0.6) is 11.5 Å². The number of thiophene rings is 1. The average molecular weight is 376 g/mol. The van der Waals surface area contributed by atoms with E-state index in [-0.39, 0.29) is 12.3 Å². The maximum atomic E-state index is 6.33. The molecule has 0 N–H and O–H groups in total. The molecule has 3 aromatic rings. The molecule has 4 nitrogen and oxygen atoms in total. The van der Waals surface area contributed by atoms with Gasteiger partial charge in [0.25, 0.3) is 0 Å². The summed E-state index contributed by atoms with van der Waals surface area (Å²) >= 11 is 1.68. The van der Waals surface area contributed by atoms with Crippen LogP contribution in [0.3, 0.4) is 0 Å². The summed E-state index contributed by atoms with van der Waals surface area (Å²) in [6.07, 6.45) is 0.686. The zero-order valence-electron chi connectivity index (χ0n) is 15.0. The largest absolute Gasteiger partial charge is 0.494 e. The number of hydrogen-bond donors (Lipinski definition) is 0. The van der Waals surface area contributed by atoms with E-state index in [9.17, 15) is 0 Å². The van der Waals surface area contributed by atoms with E-state index in [1.807, 2.05) is 25.1 Å². The lowest BCUT2D eigenvalue weighted by Crippen LogP contribution is -2.33. The van der Waals surface area contributed by atoms with Crippen molar-refractivity contribution in [3.8, 4) is 11.5 Å². The topological polar surface area (TPSA) is 34.1 Å². The predicted octanol–water partition coefficient (Wildman–Crippen LogP) is 5.39. The number of hydrogen-bond acceptors (Lipinski definition) is 5. The van der Waals surface area contributed by atoms with E-state index in [4.69, 9.17) is 14.6 Å². The normalized spacial score (nSPS) is 20.5. The molecule has 0 aliphatic carbocycles. The summed E-state index contributed by atoms with van der Waals surface area (Å²) in [5.74, 6) is 1.85. The van der Waals surface area contributed by atoms with Crippen molar-refractivity contribution in [2.45, 2.75) is 25.6 Å². The van der Waals surface area contributed by atoms with Crippen LogP contribution in [-0.4, -0.2) is 17.3 Å². The number of hydrazone groups is 1. The Balaban J connectivity index is 1.52. The fraction of sp³-hybridized carbons (Fsp3) is 0.227. The van der Waals surface area contributed by atoms with Crippen molar-refractivity contribution in [1.29, 1.82) is 0 Å². The summed E-state index contributed by atoms with van der Waals surface area (Å²) < 4.78 is 11.9. The quantitative estimate of drug-likeness (QED) is 0.612. The number of benzene rings is 2. The third kappa shape index (κ3) is 2.88. The van der Waals surface area contributed by atoms with Crippen molar-refractivity contribution in [2.75, 3.05) is 6.61 Å². The highest BCUT2D eigenvalue weighted by molar-refractivity contribution is 7.07. The van der Waals surface area contributed by atoms with Gasteiger partial charge in [-0.1, -0.05) is 18.2 Å². The van der Waals surface area contributed by atoms with E-state index < -0.39 is 0 Å². The second kappa shape index (κ2) is 6.74. The average Bonchev–Trinajstić information content (AvgIpc) is 3.39. The molecule has 2 aromatic carbocycles. The molecule has 27 heavy (non-hydrogen) atoms.